The molecule has 0 unspecified atom stereocenters. The van der Waals surface area contributed by atoms with Gasteiger partial charge >= 0.3 is 11.9 Å². The second kappa shape index (κ2) is 15.5. The molecule has 2 aliphatic heterocycles. The molecule has 7 aromatic rings. The Morgan fingerprint density at radius 2 is 0.897 bits per heavy atom. The summed E-state index contributed by atoms with van der Waals surface area (Å²) in [5, 5.41) is 4.33. The summed E-state index contributed by atoms with van der Waals surface area (Å²) in [6, 6.07) is 37.2. The highest BCUT2D eigenvalue weighted by molar-refractivity contribution is 6.06. The summed E-state index contributed by atoms with van der Waals surface area (Å²) >= 11 is 0. The van der Waals surface area contributed by atoms with Gasteiger partial charge < -0.3 is 19.4 Å². The van der Waals surface area contributed by atoms with Crippen LogP contribution in [0.25, 0.3) is 102 Å². The van der Waals surface area contributed by atoms with Crippen LogP contribution in [-0.2, 0) is 19.1 Å². The number of aromatic nitrogens is 4. The molecule has 0 saturated carbocycles. The second-order valence-electron chi connectivity index (χ2n) is 13.8. The number of H-pyrrole nitrogens is 2. The average molecular weight is 759 g/mol. The average Bonchev–Trinajstić information content (AvgIpc) is 4.09. The SMILES string of the molecule is CCOC(=O)/C=C/c1c2nc(c(-c3cccc4ccccc34)c3ccc([nH]3)c(/C=C/C(=O)OCC)c3nc(c(-c4cccc5ccccc45)c4ccc1[nH]4)C=C3)C=C2. The Morgan fingerprint density at radius 3 is 1.34 bits per heavy atom. The van der Waals surface area contributed by atoms with Gasteiger partial charge in [-0.2, -0.15) is 0 Å². The molecule has 0 radical (unpaired) electrons. The largest absolute Gasteiger partial charge is 0.463 e. The van der Waals surface area contributed by atoms with Crippen LogP contribution in [0.3, 0.4) is 0 Å². The van der Waals surface area contributed by atoms with Crippen molar-refractivity contribution in [1.82, 2.24) is 19.9 Å². The normalized spacial score (nSPS) is 12.3. The van der Waals surface area contributed by atoms with Crippen LogP contribution in [0.4, 0.5) is 0 Å². The number of hydrogen-bond acceptors (Lipinski definition) is 6. The third kappa shape index (κ3) is 6.81. The van der Waals surface area contributed by atoms with E-state index in [1.165, 1.54) is 12.2 Å². The van der Waals surface area contributed by atoms with Gasteiger partial charge in [0.1, 0.15) is 0 Å². The molecule has 0 saturated heterocycles. The second-order valence-corrected chi connectivity index (χ2v) is 13.8. The molecule has 9 rings (SSSR count). The maximum absolute atomic E-state index is 12.7. The molecule has 5 heterocycles. The van der Waals surface area contributed by atoms with E-state index in [0.29, 0.717) is 11.4 Å². The van der Waals surface area contributed by atoms with Crippen LogP contribution in [0.5, 0.6) is 0 Å². The fourth-order valence-corrected chi connectivity index (χ4v) is 7.74. The zero-order valence-corrected chi connectivity index (χ0v) is 32.0. The number of ether oxygens (including phenoxy) is 2. The Balaban J connectivity index is 1.44. The number of esters is 2. The zero-order valence-electron chi connectivity index (χ0n) is 32.0. The Kier molecular flexibility index (Phi) is 9.65. The molecular formula is C50H38N4O4. The first-order valence-corrected chi connectivity index (χ1v) is 19.3. The summed E-state index contributed by atoms with van der Waals surface area (Å²) in [5.41, 5.74) is 11.2. The van der Waals surface area contributed by atoms with E-state index in [2.05, 4.69) is 70.6 Å². The number of hydrogen-bond donors (Lipinski definition) is 2. The van der Waals surface area contributed by atoms with Gasteiger partial charge in [-0.3, -0.25) is 0 Å². The summed E-state index contributed by atoms with van der Waals surface area (Å²) in [7, 11) is 0. The molecular weight excluding hydrogens is 721 g/mol. The first-order chi connectivity index (χ1) is 28.5. The van der Waals surface area contributed by atoms with Gasteiger partial charge in [0, 0.05) is 56.5 Å². The monoisotopic (exact) mass is 758 g/mol. The molecule has 2 N–H and O–H groups in total. The van der Waals surface area contributed by atoms with Crippen molar-refractivity contribution in [1.29, 1.82) is 0 Å². The van der Waals surface area contributed by atoms with Crippen LogP contribution < -0.4 is 0 Å². The van der Waals surface area contributed by atoms with Crippen LogP contribution in [-0.4, -0.2) is 45.1 Å². The quantitative estimate of drug-likeness (QED) is 0.118. The number of fused-ring (bicyclic) bond motifs is 10. The molecule has 0 spiro atoms. The van der Waals surface area contributed by atoms with E-state index in [1.54, 1.807) is 26.0 Å². The molecule has 8 bridgehead atoms. The minimum Gasteiger partial charge on any atom is -0.463 e. The van der Waals surface area contributed by atoms with E-state index < -0.39 is 11.9 Å². The summed E-state index contributed by atoms with van der Waals surface area (Å²) < 4.78 is 10.6. The van der Waals surface area contributed by atoms with Gasteiger partial charge in [0.15, 0.2) is 0 Å². The van der Waals surface area contributed by atoms with Crippen molar-refractivity contribution in [2.24, 2.45) is 0 Å². The van der Waals surface area contributed by atoms with E-state index in [0.717, 1.165) is 88.4 Å². The number of benzene rings is 4. The predicted molar refractivity (Wildman–Crippen MR) is 236 cm³/mol. The number of nitrogens with zero attached hydrogens (tertiary/aromatic N) is 2. The maximum atomic E-state index is 12.7. The van der Waals surface area contributed by atoms with Crippen molar-refractivity contribution in [2.75, 3.05) is 13.2 Å². The Bertz CT molecular complexity index is 2870. The molecule has 282 valence electrons. The van der Waals surface area contributed by atoms with Crippen molar-refractivity contribution >= 4 is 92.0 Å². The van der Waals surface area contributed by atoms with Crippen molar-refractivity contribution < 1.29 is 19.1 Å². The summed E-state index contributed by atoms with van der Waals surface area (Å²) in [5.74, 6) is -0.883. The number of carbonyl (C=O) groups excluding carboxylic acids is 2. The zero-order chi connectivity index (χ0) is 39.6. The lowest BCUT2D eigenvalue weighted by Gasteiger charge is -2.09. The standard InChI is InChI=1S/C50H38N4O4/c1-3-57-47(55)29-19-37-39-21-25-43(51-39)49(35-17-9-13-31-11-5-7-15-33(31)35)45-27-23-41(53-45)38(20-30-48(56)58-4-2)42-24-28-46(54-42)50(44-26-22-40(37)52-44)36-18-10-14-32-12-6-8-16-34(32)36/h5-30,51,54H,3-4H2,1-2H3/b29-19+,30-20+,39-37?,40-37?,41-38?,42-38?,49-43?,49-45?,50-44?,50-46?. The van der Waals surface area contributed by atoms with Gasteiger partial charge in [0.05, 0.1) is 36.0 Å². The van der Waals surface area contributed by atoms with E-state index in [9.17, 15) is 9.59 Å². The first kappa shape index (κ1) is 36.1. The van der Waals surface area contributed by atoms with E-state index in [1.807, 2.05) is 72.8 Å². The summed E-state index contributed by atoms with van der Waals surface area (Å²) in [4.78, 5) is 43.4. The highest BCUT2D eigenvalue weighted by Gasteiger charge is 2.19. The molecule has 4 aromatic carbocycles. The number of nitrogens with one attached hydrogen (secondary N) is 2. The Hall–Kier alpha value is -7.58. The van der Waals surface area contributed by atoms with Crippen LogP contribution in [0.1, 0.15) is 47.8 Å². The van der Waals surface area contributed by atoms with Crippen LogP contribution in [0.15, 0.2) is 121 Å². The molecule has 0 atom stereocenters. The Morgan fingerprint density at radius 1 is 0.500 bits per heavy atom. The van der Waals surface area contributed by atoms with Gasteiger partial charge in [-0.15, -0.1) is 0 Å². The van der Waals surface area contributed by atoms with Gasteiger partial charge in [-0.05, 0) is 107 Å². The van der Waals surface area contributed by atoms with E-state index >= 15 is 0 Å². The van der Waals surface area contributed by atoms with Crippen molar-refractivity contribution in [3.8, 4) is 22.3 Å². The molecule has 3 aromatic heterocycles. The molecule has 0 fully saturated rings. The molecule has 58 heavy (non-hydrogen) atoms. The first-order valence-electron chi connectivity index (χ1n) is 19.3. The molecule has 8 nitrogen and oxygen atoms in total. The molecule has 0 aliphatic carbocycles. The molecule has 0 amide bonds. The van der Waals surface area contributed by atoms with Gasteiger partial charge in [0.2, 0.25) is 0 Å². The minimum atomic E-state index is -0.441. The van der Waals surface area contributed by atoms with Crippen LogP contribution >= 0.6 is 0 Å². The fourth-order valence-electron chi connectivity index (χ4n) is 7.74. The van der Waals surface area contributed by atoms with Crippen LogP contribution in [0.2, 0.25) is 0 Å². The van der Waals surface area contributed by atoms with Gasteiger partial charge in [0.25, 0.3) is 0 Å². The van der Waals surface area contributed by atoms with E-state index in [4.69, 9.17) is 19.4 Å². The van der Waals surface area contributed by atoms with Crippen LogP contribution in [0, 0.1) is 0 Å². The number of carbonyl (C=O) groups is 2. The van der Waals surface area contributed by atoms with Crippen molar-refractivity contribution in [3.63, 3.8) is 0 Å². The van der Waals surface area contributed by atoms with Gasteiger partial charge in [-0.1, -0.05) is 84.9 Å². The Labute approximate surface area is 334 Å². The minimum absolute atomic E-state index is 0.265. The van der Waals surface area contributed by atoms with Gasteiger partial charge in [-0.25, -0.2) is 19.6 Å². The number of aromatic amines is 2. The lowest BCUT2D eigenvalue weighted by Crippen LogP contribution is -1.99. The molecule has 8 heteroatoms. The highest BCUT2D eigenvalue weighted by atomic mass is 16.5. The van der Waals surface area contributed by atoms with Crippen molar-refractivity contribution in [3.05, 3.63) is 155 Å². The van der Waals surface area contributed by atoms with Crippen molar-refractivity contribution in [2.45, 2.75) is 13.8 Å². The molecule has 2 aliphatic rings. The maximum Gasteiger partial charge on any atom is 0.330 e. The van der Waals surface area contributed by atoms with E-state index in [-0.39, 0.29) is 13.2 Å². The number of rotatable bonds is 8. The predicted octanol–water partition coefficient (Wildman–Crippen LogP) is 11.4. The third-order valence-corrected chi connectivity index (χ3v) is 10.3. The smallest absolute Gasteiger partial charge is 0.330 e. The highest BCUT2D eigenvalue weighted by Crippen LogP contribution is 2.38. The summed E-state index contributed by atoms with van der Waals surface area (Å²) in [6.07, 6.45) is 14.4. The fraction of sp³-hybridized carbons (Fsp3) is 0.0800. The topological polar surface area (TPSA) is 110 Å². The lowest BCUT2D eigenvalue weighted by atomic mass is 9.97. The summed E-state index contributed by atoms with van der Waals surface area (Å²) in [6.45, 7) is 4.10. The third-order valence-electron chi connectivity index (χ3n) is 10.3. The lowest BCUT2D eigenvalue weighted by molar-refractivity contribution is -0.138.